The minimum atomic E-state index is -3.11. The van der Waals surface area contributed by atoms with Gasteiger partial charge in [-0.25, -0.2) is 13.2 Å². The summed E-state index contributed by atoms with van der Waals surface area (Å²) in [7, 11) is -3.11. The van der Waals surface area contributed by atoms with Crippen LogP contribution >= 0.6 is 11.3 Å². The Hall–Kier alpha value is -2.19. The van der Waals surface area contributed by atoms with E-state index in [0.29, 0.717) is 17.8 Å². The number of benzene rings is 1. The normalized spacial score (nSPS) is 19.0. The molecule has 0 spiro atoms. The van der Waals surface area contributed by atoms with Crippen LogP contribution in [-0.4, -0.2) is 55.9 Å². The van der Waals surface area contributed by atoms with E-state index < -0.39 is 15.8 Å². The Bertz CT molecular complexity index is 1100. The number of nitrogens with zero attached hydrogens (tertiary/aromatic N) is 1. The molecular formula is C23H27NO5S2. The topological polar surface area (TPSA) is 80.8 Å². The van der Waals surface area contributed by atoms with Gasteiger partial charge in [-0.1, -0.05) is 38.1 Å². The number of esters is 1. The molecule has 1 aromatic carbocycles. The number of fused-ring (bicyclic) bond motifs is 3. The molecule has 2 aromatic rings. The zero-order valence-corrected chi connectivity index (χ0v) is 19.4. The monoisotopic (exact) mass is 461 g/mol. The lowest BCUT2D eigenvalue weighted by Gasteiger charge is -2.29. The largest absolute Gasteiger partial charge is 0.451 e. The third-order valence-electron chi connectivity index (χ3n) is 5.79. The summed E-state index contributed by atoms with van der Waals surface area (Å²) in [5.74, 6) is -0.575. The summed E-state index contributed by atoms with van der Waals surface area (Å²) < 4.78 is 29.1. The number of thiophene rings is 1. The maximum Gasteiger partial charge on any atom is 0.348 e. The van der Waals surface area contributed by atoms with Gasteiger partial charge in [-0.3, -0.25) is 4.79 Å². The van der Waals surface area contributed by atoms with Crippen molar-refractivity contribution in [1.82, 2.24) is 4.90 Å². The highest BCUT2D eigenvalue weighted by molar-refractivity contribution is 7.91. The number of amides is 1. The van der Waals surface area contributed by atoms with Crippen molar-refractivity contribution in [3.63, 3.8) is 0 Å². The van der Waals surface area contributed by atoms with E-state index in [4.69, 9.17) is 4.74 Å². The predicted octanol–water partition coefficient (Wildman–Crippen LogP) is 3.34. The molecule has 166 valence electrons. The van der Waals surface area contributed by atoms with E-state index in [1.165, 1.54) is 16.9 Å². The van der Waals surface area contributed by atoms with Gasteiger partial charge in [0, 0.05) is 17.5 Å². The molecule has 2 heterocycles. The smallest absolute Gasteiger partial charge is 0.348 e. The van der Waals surface area contributed by atoms with Gasteiger partial charge in [0.15, 0.2) is 16.4 Å². The second-order valence-electron chi connectivity index (χ2n) is 8.70. The van der Waals surface area contributed by atoms with E-state index in [1.807, 2.05) is 32.0 Å². The van der Waals surface area contributed by atoms with Crippen LogP contribution in [0.15, 0.2) is 30.3 Å². The van der Waals surface area contributed by atoms with Crippen molar-refractivity contribution in [1.29, 1.82) is 0 Å². The van der Waals surface area contributed by atoms with Crippen LogP contribution in [0.2, 0.25) is 0 Å². The van der Waals surface area contributed by atoms with Crippen molar-refractivity contribution < 1.29 is 22.7 Å². The molecule has 0 bridgehead atoms. The van der Waals surface area contributed by atoms with Gasteiger partial charge in [-0.2, -0.15) is 0 Å². The number of carbonyl (C=O) groups is 2. The quantitative estimate of drug-likeness (QED) is 0.617. The number of ether oxygens (including phenoxy) is 1. The van der Waals surface area contributed by atoms with Crippen molar-refractivity contribution >= 4 is 33.1 Å². The van der Waals surface area contributed by atoms with Gasteiger partial charge in [0.25, 0.3) is 5.91 Å². The average Bonchev–Trinajstić information content (AvgIpc) is 3.33. The summed E-state index contributed by atoms with van der Waals surface area (Å²) in [6.07, 6.45) is 2.26. The molecule has 1 unspecified atom stereocenters. The van der Waals surface area contributed by atoms with Crippen LogP contribution in [0.4, 0.5) is 0 Å². The second-order valence-corrected chi connectivity index (χ2v) is 12.0. The van der Waals surface area contributed by atoms with Crippen LogP contribution in [0, 0.1) is 5.92 Å². The molecule has 8 heteroatoms. The summed E-state index contributed by atoms with van der Waals surface area (Å²) in [5.41, 5.74) is 3.58. The zero-order valence-electron chi connectivity index (χ0n) is 17.8. The zero-order chi connectivity index (χ0) is 22.2. The molecule has 6 nitrogen and oxygen atoms in total. The van der Waals surface area contributed by atoms with E-state index in [2.05, 4.69) is 12.1 Å². The number of sulfone groups is 1. The fraction of sp³-hybridized carbons (Fsp3) is 0.478. The van der Waals surface area contributed by atoms with E-state index in [1.54, 1.807) is 4.90 Å². The highest BCUT2D eigenvalue weighted by Crippen LogP contribution is 2.39. The van der Waals surface area contributed by atoms with Gasteiger partial charge in [-0.15, -0.1) is 11.3 Å². The Morgan fingerprint density at radius 1 is 1.19 bits per heavy atom. The van der Waals surface area contributed by atoms with Crippen LogP contribution in [0.1, 0.15) is 41.1 Å². The Morgan fingerprint density at radius 3 is 2.65 bits per heavy atom. The highest BCUT2D eigenvalue weighted by atomic mass is 32.2. The molecular weight excluding hydrogens is 434 g/mol. The van der Waals surface area contributed by atoms with Crippen molar-refractivity contribution in [2.45, 2.75) is 39.2 Å². The number of rotatable bonds is 6. The van der Waals surface area contributed by atoms with E-state index in [-0.39, 0.29) is 36.0 Å². The third-order valence-corrected chi connectivity index (χ3v) is 8.73. The van der Waals surface area contributed by atoms with Crippen molar-refractivity contribution in [2.75, 3.05) is 24.7 Å². The third kappa shape index (κ3) is 4.85. The molecule has 1 aromatic heterocycles. The van der Waals surface area contributed by atoms with Gasteiger partial charge in [0.2, 0.25) is 0 Å². The fourth-order valence-electron chi connectivity index (χ4n) is 4.32. The predicted molar refractivity (Wildman–Crippen MR) is 121 cm³/mol. The molecule has 1 amide bonds. The second kappa shape index (κ2) is 8.74. The van der Waals surface area contributed by atoms with Crippen LogP contribution in [0.3, 0.4) is 0 Å². The molecule has 1 aliphatic heterocycles. The van der Waals surface area contributed by atoms with Crippen molar-refractivity contribution in [3.05, 3.63) is 46.3 Å². The molecule has 0 radical (unpaired) electrons. The van der Waals surface area contributed by atoms with E-state index >= 15 is 0 Å². The van der Waals surface area contributed by atoms with Crippen molar-refractivity contribution in [2.24, 2.45) is 5.92 Å². The van der Waals surface area contributed by atoms with Gasteiger partial charge >= 0.3 is 5.97 Å². The number of carbonyl (C=O) groups excluding carboxylic acids is 2. The lowest BCUT2D eigenvalue weighted by atomic mass is 9.91. The summed E-state index contributed by atoms with van der Waals surface area (Å²) in [4.78, 5) is 28.7. The van der Waals surface area contributed by atoms with Crippen LogP contribution in [0.25, 0.3) is 10.4 Å². The first-order valence-corrected chi connectivity index (χ1v) is 13.3. The first-order valence-electron chi connectivity index (χ1n) is 10.6. The minimum absolute atomic E-state index is 0.0174. The van der Waals surface area contributed by atoms with Crippen LogP contribution < -0.4 is 0 Å². The lowest BCUT2D eigenvalue weighted by Crippen LogP contribution is -2.45. The number of aryl methyl sites for hydroxylation is 2. The fourth-order valence-corrected chi connectivity index (χ4v) is 7.22. The van der Waals surface area contributed by atoms with Crippen LogP contribution in [-0.2, 0) is 32.2 Å². The standard InChI is InChI=1S/C23H27NO5S2/c1-15(2)12-24(18-9-10-31(27,28)14-18)21(25)13-29-23(26)20-11-17-8-7-16-5-3-4-6-19(16)22(17)30-20/h3-6,11,15,18H,7-10,12-14H2,1-2H3. The van der Waals surface area contributed by atoms with E-state index in [9.17, 15) is 18.0 Å². The molecule has 4 rings (SSSR count). The summed E-state index contributed by atoms with van der Waals surface area (Å²) in [6.45, 7) is 4.02. The molecule has 2 aliphatic rings. The Kier molecular flexibility index (Phi) is 6.21. The van der Waals surface area contributed by atoms with Crippen LogP contribution in [0.5, 0.6) is 0 Å². The Morgan fingerprint density at radius 2 is 1.94 bits per heavy atom. The Balaban J connectivity index is 1.43. The highest BCUT2D eigenvalue weighted by Gasteiger charge is 2.35. The molecule has 1 fully saturated rings. The first-order chi connectivity index (χ1) is 14.7. The van der Waals surface area contributed by atoms with E-state index in [0.717, 1.165) is 28.8 Å². The minimum Gasteiger partial charge on any atom is -0.451 e. The lowest BCUT2D eigenvalue weighted by molar-refractivity contribution is -0.137. The van der Waals surface area contributed by atoms with Gasteiger partial charge in [-0.05, 0) is 47.9 Å². The SMILES string of the molecule is CC(C)CN(C(=O)COC(=O)c1cc2c(s1)-c1ccccc1CC2)C1CCS(=O)(=O)C1. The molecule has 1 atom stereocenters. The molecule has 31 heavy (non-hydrogen) atoms. The first kappa shape index (κ1) is 22.0. The maximum atomic E-state index is 12.8. The summed E-state index contributed by atoms with van der Waals surface area (Å²) in [5, 5.41) is 0. The molecule has 0 N–H and O–H groups in total. The summed E-state index contributed by atoms with van der Waals surface area (Å²) in [6, 6.07) is 9.73. The number of hydrogen-bond acceptors (Lipinski definition) is 6. The van der Waals surface area contributed by atoms with Gasteiger partial charge in [0.1, 0.15) is 4.88 Å². The van der Waals surface area contributed by atoms with Crippen molar-refractivity contribution in [3.8, 4) is 10.4 Å². The molecule has 1 saturated heterocycles. The van der Waals surface area contributed by atoms with Gasteiger partial charge in [0.05, 0.1) is 11.5 Å². The molecule has 0 saturated carbocycles. The molecule has 1 aliphatic carbocycles. The summed E-state index contributed by atoms with van der Waals surface area (Å²) >= 11 is 1.40. The maximum absolute atomic E-state index is 12.8. The van der Waals surface area contributed by atoms with Gasteiger partial charge < -0.3 is 9.64 Å². The number of hydrogen-bond donors (Lipinski definition) is 0. The Labute approximate surface area is 187 Å². The average molecular weight is 462 g/mol.